The van der Waals surface area contributed by atoms with E-state index < -0.39 is 0 Å². The molecule has 6 nitrogen and oxygen atoms in total. The van der Waals surface area contributed by atoms with E-state index in [0.29, 0.717) is 6.04 Å². The highest BCUT2D eigenvalue weighted by Crippen LogP contribution is 2.21. The average Bonchev–Trinajstić information content (AvgIpc) is 2.57. The number of piperidine rings is 1. The highest BCUT2D eigenvalue weighted by Gasteiger charge is 2.23. The molecule has 23 heavy (non-hydrogen) atoms. The summed E-state index contributed by atoms with van der Waals surface area (Å²) >= 11 is 0. The van der Waals surface area contributed by atoms with Gasteiger partial charge in [0, 0.05) is 62.4 Å². The fourth-order valence-electron chi connectivity index (χ4n) is 3.04. The lowest BCUT2D eigenvalue weighted by Crippen LogP contribution is -2.43. The van der Waals surface area contributed by atoms with Gasteiger partial charge >= 0.3 is 0 Å². The van der Waals surface area contributed by atoms with Crippen molar-refractivity contribution in [2.75, 3.05) is 25.0 Å². The highest BCUT2D eigenvalue weighted by molar-refractivity contribution is 5.39. The predicted octanol–water partition coefficient (Wildman–Crippen LogP) is 1.98. The van der Waals surface area contributed by atoms with Gasteiger partial charge in [0.2, 0.25) is 0 Å². The van der Waals surface area contributed by atoms with Crippen LogP contribution in [0.4, 0.5) is 5.82 Å². The van der Waals surface area contributed by atoms with Gasteiger partial charge in [0.05, 0.1) is 0 Å². The summed E-state index contributed by atoms with van der Waals surface area (Å²) < 4.78 is 0. The molecule has 3 rings (SSSR count). The van der Waals surface area contributed by atoms with Gasteiger partial charge in [-0.15, -0.1) is 0 Å². The number of aromatic nitrogens is 4. The molecule has 1 aliphatic rings. The van der Waals surface area contributed by atoms with Crippen LogP contribution in [0.2, 0.25) is 0 Å². The van der Waals surface area contributed by atoms with Crippen molar-refractivity contribution in [3.05, 3.63) is 41.9 Å². The SMILES string of the molecule is Cc1cc(N(C)C2CCN(Cc3cnc(C)nc3)CC2)ncn1. The van der Waals surface area contributed by atoms with E-state index in [-0.39, 0.29) is 0 Å². The largest absolute Gasteiger partial charge is 0.356 e. The van der Waals surface area contributed by atoms with Crippen LogP contribution in [0.15, 0.2) is 24.8 Å². The Morgan fingerprint density at radius 2 is 1.78 bits per heavy atom. The average molecular weight is 312 g/mol. The molecule has 2 aromatic rings. The second-order valence-corrected chi connectivity index (χ2v) is 6.27. The third kappa shape index (κ3) is 4.01. The summed E-state index contributed by atoms with van der Waals surface area (Å²) in [7, 11) is 2.13. The number of aryl methyl sites for hydroxylation is 2. The first-order valence-corrected chi connectivity index (χ1v) is 8.13. The van der Waals surface area contributed by atoms with Crippen LogP contribution in [-0.2, 0) is 6.54 Å². The molecule has 0 bridgehead atoms. The van der Waals surface area contributed by atoms with Gasteiger partial charge in [-0.05, 0) is 26.7 Å². The molecule has 0 unspecified atom stereocenters. The molecule has 0 saturated carbocycles. The maximum Gasteiger partial charge on any atom is 0.132 e. The Kier molecular flexibility index (Phi) is 4.81. The summed E-state index contributed by atoms with van der Waals surface area (Å²) in [5.41, 5.74) is 2.20. The van der Waals surface area contributed by atoms with E-state index in [1.54, 1.807) is 6.33 Å². The van der Waals surface area contributed by atoms with E-state index in [1.165, 1.54) is 5.56 Å². The van der Waals surface area contributed by atoms with Crippen LogP contribution in [0.25, 0.3) is 0 Å². The molecule has 1 saturated heterocycles. The lowest BCUT2D eigenvalue weighted by atomic mass is 10.0. The van der Waals surface area contributed by atoms with Crippen LogP contribution < -0.4 is 4.90 Å². The smallest absolute Gasteiger partial charge is 0.132 e. The summed E-state index contributed by atoms with van der Waals surface area (Å²) in [5, 5.41) is 0. The Hall–Kier alpha value is -2.08. The van der Waals surface area contributed by atoms with Gasteiger partial charge in [-0.2, -0.15) is 0 Å². The zero-order valence-electron chi connectivity index (χ0n) is 14.1. The monoisotopic (exact) mass is 312 g/mol. The summed E-state index contributed by atoms with van der Waals surface area (Å²) in [6.07, 6.45) is 7.81. The molecule has 0 amide bonds. The number of anilines is 1. The van der Waals surface area contributed by atoms with Crippen molar-refractivity contribution in [2.24, 2.45) is 0 Å². The van der Waals surface area contributed by atoms with Crippen molar-refractivity contribution in [1.82, 2.24) is 24.8 Å². The maximum atomic E-state index is 4.39. The molecule has 2 aromatic heterocycles. The molecular formula is C17H24N6. The van der Waals surface area contributed by atoms with E-state index >= 15 is 0 Å². The molecular weight excluding hydrogens is 288 g/mol. The lowest BCUT2D eigenvalue weighted by Gasteiger charge is -2.37. The summed E-state index contributed by atoms with van der Waals surface area (Å²) in [5.74, 6) is 1.84. The van der Waals surface area contributed by atoms with Gasteiger partial charge in [-0.1, -0.05) is 0 Å². The Bertz CT molecular complexity index is 634. The number of rotatable bonds is 4. The number of nitrogens with zero attached hydrogens (tertiary/aromatic N) is 6. The van der Waals surface area contributed by atoms with E-state index in [2.05, 4.69) is 42.8 Å². The van der Waals surface area contributed by atoms with Crippen LogP contribution in [0, 0.1) is 13.8 Å². The Morgan fingerprint density at radius 3 is 2.43 bits per heavy atom. The van der Waals surface area contributed by atoms with Gasteiger partial charge in [0.15, 0.2) is 0 Å². The molecule has 3 heterocycles. The van der Waals surface area contributed by atoms with Gasteiger partial charge in [-0.3, -0.25) is 4.90 Å². The summed E-state index contributed by atoms with van der Waals surface area (Å²) in [4.78, 5) is 21.9. The minimum Gasteiger partial charge on any atom is -0.356 e. The normalized spacial score (nSPS) is 16.5. The van der Waals surface area contributed by atoms with Crippen LogP contribution in [0.1, 0.15) is 29.9 Å². The lowest BCUT2D eigenvalue weighted by molar-refractivity contribution is 0.202. The molecule has 1 aliphatic heterocycles. The van der Waals surface area contributed by atoms with Crippen molar-refractivity contribution in [1.29, 1.82) is 0 Å². The minimum absolute atomic E-state index is 0.537. The molecule has 1 fully saturated rings. The molecule has 0 radical (unpaired) electrons. The van der Waals surface area contributed by atoms with Crippen LogP contribution >= 0.6 is 0 Å². The first-order chi connectivity index (χ1) is 11.1. The number of hydrogen-bond acceptors (Lipinski definition) is 6. The predicted molar refractivity (Wildman–Crippen MR) is 90.2 cm³/mol. The summed E-state index contributed by atoms with van der Waals surface area (Å²) in [6, 6.07) is 2.59. The van der Waals surface area contributed by atoms with E-state index in [0.717, 1.165) is 49.8 Å². The molecule has 0 atom stereocenters. The molecule has 0 spiro atoms. The number of hydrogen-bond donors (Lipinski definition) is 0. The Balaban J connectivity index is 1.54. The third-order valence-electron chi connectivity index (χ3n) is 4.50. The van der Waals surface area contributed by atoms with Crippen LogP contribution in [-0.4, -0.2) is 51.0 Å². The topological polar surface area (TPSA) is 58.0 Å². The van der Waals surface area contributed by atoms with E-state index in [9.17, 15) is 0 Å². The molecule has 0 aromatic carbocycles. The second-order valence-electron chi connectivity index (χ2n) is 6.27. The van der Waals surface area contributed by atoms with Gasteiger partial charge in [0.1, 0.15) is 18.0 Å². The van der Waals surface area contributed by atoms with Crippen molar-refractivity contribution < 1.29 is 0 Å². The molecule has 0 N–H and O–H groups in total. The zero-order valence-corrected chi connectivity index (χ0v) is 14.1. The first-order valence-electron chi connectivity index (χ1n) is 8.13. The second kappa shape index (κ2) is 7.00. The van der Waals surface area contributed by atoms with Crippen molar-refractivity contribution in [3.8, 4) is 0 Å². The van der Waals surface area contributed by atoms with Crippen LogP contribution in [0.3, 0.4) is 0 Å². The summed E-state index contributed by atoms with van der Waals surface area (Å²) in [6.45, 7) is 7.04. The van der Waals surface area contributed by atoms with E-state index in [4.69, 9.17) is 0 Å². The Labute approximate surface area is 137 Å². The van der Waals surface area contributed by atoms with Crippen molar-refractivity contribution in [3.63, 3.8) is 0 Å². The van der Waals surface area contributed by atoms with Crippen molar-refractivity contribution >= 4 is 5.82 Å². The molecule has 6 heteroatoms. The van der Waals surface area contributed by atoms with E-state index in [1.807, 2.05) is 26.2 Å². The molecule has 0 aliphatic carbocycles. The van der Waals surface area contributed by atoms with Gasteiger partial charge < -0.3 is 4.90 Å². The fourth-order valence-corrected chi connectivity index (χ4v) is 3.04. The first kappa shape index (κ1) is 15.8. The fraction of sp³-hybridized carbons (Fsp3) is 0.529. The molecule has 122 valence electrons. The zero-order chi connectivity index (χ0) is 16.2. The Morgan fingerprint density at radius 1 is 1.09 bits per heavy atom. The van der Waals surface area contributed by atoms with Crippen LogP contribution in [0.5, 0.6) is 0 Å². The highest BCUT2D eigenvalue weighted by atomic mass is 15.2. The third-order valence-corrected chi connectivity index (χ3v) is 4.50. The number of likely N-dealkylation sites (tertiary alicyclic amines) is 1. The standard InChI is InChI=1S/C17H24N6/c1-13-8-17(21-12-20-13)22(3)16-4-6-23(7-5-16)11-15-9-18-14(2)19-10-15/h8-10,12,16H,4-7,11H2,1-3H3. The van der Waals surface area contributed by atoms with Crippen molar-refractivity contribution in [2.45, 2.75) is 39.3 Å². The van der Waals surface area contributed by atoms with Gasteiger partial charge in [-0.25, -0.2) is 19.9 Å². The van der Waals surface area contributed by atoms with Gasteiger partial charge in [0.25, 0.3) is 0 Å². The minimum atomic E-state index is 0.537. The quantitative estimate of drug-likeness (QED) is 0.860. The maximum absolute atomic E-state index is 4.39.